The van der Waals surface area contributed by atoms with Crippen molar-refractivity contribution in [3.05, 3.63) is 12.2 Å². The van der Waals surface area contributed by atoms with E-state index in [1.54, 1.807) is 0 Å². The highest BCUT2D eigenvalue weighted by atomic mass is 16.3. The van der Waals surface area contributed by atoms with E-state index in [0.717, 1.165) is 6.42 Å². The Kier molecular flexibility index (Phi) is 2.48. The molecule has 1 fully saturated rings. The van der Waals surface area contributed by atoms with Gasteiger partial charge in [-0.2, -0.15) is 0 Å². The Balaban J connectivity index is 2.48. The highest BCUT2D eigenvalue weighted by Gasteiger charge is 2.61. The molecular weight excluding hydrogens is 196 g/mol. The smallest absolute Gasteiger partial charge is 0.0899 e. The van der Waals surface area contributed by atoms with Crippen LogP contribution in [0.2, 0.25) is 0 Å². The van der Waals surface area contributed by atoms with E-state index in [1.165, 1.54) is 6.42 Å². The van der Waals surface area contributed by atoms with E-state index >= 15 is 0 Å². The zero-order chi connectivity index (χ0) is 12.0. The maximum absolute atomic E-state index is 11.1. The monoisotopic (exact) mass is 218 g/mol. The first-order valence-corrected chi connectivity index (χ1v) is 6.19. The van der Waals surface area contributed by atoms with Gasteiger partial charge in [0.1, 0.15) is 0 Å². The van der Waals surface area contributed by atoms with Gasteiger partial charge in [0, 0.05) is 17.3 Å². The molecule has 1 saturated carbocycles. The van der Waals surface area contributed by atoms with Crippen LogP contribution in [-0.2, 0) is 0 Å². The van der Waals surface area contributed by atoms with Crippen LogP contribution in [0.25, 0.3) is 0 Å². The van der Waals surface area contributed by atoms with Crippen LogP contribution < -0.4 is 0 Å². The third kappa shape index (κ3) is 1.23. The zero-order valence-corrected chi connectivity index (χ0v) is 10.8. The molecule has 88 valence electrons. The largest absolute Gasteiger partial charge is 0.387 e. The van der Waals surface area contributed by atoms with Gasteiger partial charge < -0.3 is 5.11 Å². The van der Waals surface area contributed by atoms with Crippen molar-refractivity contribution in [1.82, 2.24) is 0 Å². The number of hydrogen-bond acceptors (Lipinski definition) is 1. The molecule has 0 aliphatic heterocycles. The molecule has 3 rings (SSSR count). The minimum atomic E-state index is -0.680. The summed E-state index contributed by atoms with van der Waals surface area (Å²) < 4.78 is 0. The molecule has 2 bridgehead atoms. The Morgan fingerprint density at radius 3 is 2.50 bits per heavy atom. The minimum absolute atomic E-state index is 0.0708. The Morgan fingerprint density at radius 1 is 1.38 bits per heavy atom. The van der Waals surface area contributed by atoms with Crippen molar-refractivity contribution >= 4 is 0 Å². The fraction of sp³-hybridized carbons (Fsp3) is 0.733. The van der Waals surface area contributed by atoms with Crippen LogP contribution in [0, 0.1) is 28.6 Å². The summed E-state index contributed by atoms with van der Waals surface area (Å²) in [6, 6.07) is 0. The maximum Gasteiger partial charge on any atom is 0.0899 e. The van der Waals surface area contributed by atoms with Gasteiger partial charge in [-0.05, 0) is 25.7 Å². The summed E-state index contributed by atoms with van der Waals surface area (Å²) in [5.74, 6) is 6.51. The second-order valence-corrected chi connectivity index (χ2v) is 6.11. The molecule has 0 amide bonds. The Labute approximate surface area is 98.9 Å². The van der Waals surface area contributed by atoms with E-state index in [4.69, 9.17) is 0 Å². The van der Waals surface area contributed by atoms with Crippen molar-refractivity contribution in [3.63, 3.8) is 0 Å². The quantitative estimate of drug-likeness (QED) is 0.529. The van der Waals surface area contributed by atoms with Crippen LogP contribution >= 0.6 is 0 Å². The topological polar surface area (TPSA) is 20.2 Å². The van der Waals surface area contributed by atoms with Gasteiger partial charge in [-0.15, -0.1) is 11.8 Å². The van der Waals surface area contributed by atoms with E-state index in [-0.39, 0.29) is 10.8 Å². The average molecular weight is 218 g/mol. The third-order valence-electron chi connectivity index (χ3n) is 5.13. The first-order chi connectivity index (χ1) is 7.37. The summed E-state index contributed by atoms with van der Waals surface area (Å²) in [6.07, 6.45) is 7.40. The molecule has 16 heavy (non-hydrogen) atoms. The van der Waals surface area contributed by atoms with E-state index in [2.05, 4.69) is 44.8 Å². The maximum atomic E-state index is 11.1. The number of rotatable bonds is 1. The zero-order valence-electron chi connectivity index (χ0n) is 10.8. The first kappa shape index (κ1) is 11.7. The van der Waals surface area contributed by atoms with Gasteiger partial charge in [-0.1, -0.05) is 32.9 Å². The van der Waals surface area contributed by atoms with E-state index in [9.17, 15) is 5.11 Å². The van der Waals surface area contributed by atoms with Gasteiger partial charge in [0.2, 0.25) is 0 Å². The van der Waals surface area contributed by atoms with Crippen LogP contribution in [-0.4, -0.2) is 10.7 Å². The van der Waals surface area contributed by atoms with Crippen LogP contribution in [0.3, 0.4) is 0 Å². The molecule has 0 aromatic carbocycles. The summed E-state index contributed by atoms with van der Waals surface area (Å²) >= 11 is 0. The van der Waals surface area contributed by atoms with Gasteiger partial charge in [-0.3, -0.25) is 0 Å². The van der Waals surface area contributed by atoms with Gasteiger partial charge in [0.25, 0.3) is 0 Å². The van der Waals surface area contributed by atoms with Crippen LogP contribution in [0.5, 0.6) is 0 Å². The van der Waals surface area contributed by atoms with Crippen molar-refractivity contribution in [1.29, 1.82) is 0 Å². The molecule has 3 atom stereocenters. The Morgan fingerprint density at radius 2 is 2.06 bits per heavy atom. The normalized spacial score (nSPS) is 43.9. The molecule has 3 aliphatic carbocycles. The van der Waals surface area contributed by atoms with Crippen molar-refractivity contribution in [2.75, 3.05) is 0 Å². The molecular formula is C15H22O. The molecule has 0 aromatic heterocycles. The SMILES string of the molecule is CC#CC[C@@]1(O)C(C)(C)[C@H]2C=C[C@]1(C)CC2. The van der Waals surface area contributed by atoms with E-state index < -0.39 is 5.60 Å². The second-order valence-electron chi connectivity index (χ2n) is 6.11. The molecule has 0 saturated heterocycles. The van der Waals surface area contributed by atoms with E-state index in [1.807, 2.05) is 6.92 Å². The molecule has 0 spiro atoms. The molecule has 3 aliphatic rings. The number of aliphatic hydroxyl groups is 1. The summed E-state index contributed by atoms with van der Waals surface area (Å²) in [6.45, 7) is 8.40. The molecule has 0 aromatic rings. The highest BCUT2D eigenvalue weighted by Crippen LogP contribution is 2.62. The minimum Gasteiger partial charge on any atom is -0.387 e. The average Bonchev–Trinajstić information content (AvgIpc) is 2.24. The van der Waals surface area contributed by atoms with Gasteiger partial charge in [0.05, 0.1) is 5.60 Å². The molecule has 1 nitrogen and oxygen atoms in total. The van der Waals surface area contributed by atoms with Crippen LogP contribution in [0.15, 0.2) is 12.2 Å². The molecule has 1 heteroatoms. The standard InChI is InChI=1S/C15H22O/c1-5-6-9-15(16)13(2,3)12-7-10-14(15,4)11-8-12/h7,10,12,16H,8-9,11H2,1-4H3/t12-,14+,15+/m0/s1. The summed E-state index contributed by atoms with van der Waals surface area (Å²) in [7, 11) is 0. The molecule has 1 N–H and O–H groups in total. The fourth-order valence-electron chi connectivity index (χ4n) is 3.60. The van der Waals surface area contributed by atoms with Crippen LogP contribution in [0.1, 0.15) is 47.0 Å². The lowest BCUT2D eigenvalue weighted by Gasteiger charge is -2.61. The lowest BCUT2D eigenvalue weighted by atomic mass is 9.45. The predicted octanol–water partition coefficient (Wildman–Crippen LogP) is 3.14. The first-order valence-electron chi connectivity index (χ1n) is 6.19. The number of hydrogen-bond donors (Lipinski definition) is 1. The molecule has 0 unspecified atom stereocenters. The Bertz CT molecular complexity index is 382. The van der Waals surface area contributed by atoms with Crippen molar-refractivity contribution in [2.45, 2.75) is 52.6 Å². The highest BCUT2D eigenvalue weighted by molar-refractivity contribution is 5.27. The summed E-state index contributed by atoms with van der Waals surface area (Å²) in [4.78, 5) is 0. The van der Waals surface area contributed by atoms with Crippen molar-refractivity contribution in [3.8, 4) is 11.8 Å². The second kappa shape index (κ2) is 3.37. The van der Waals surface area contributed by atoms with Crippen molar-refractivity contribution < 1.29 is 5.11 Å². The van der Waals surface area contributed by atoms with Gasteiger partial charge >= 0.3 is 0 Å². The Hall–Kier alpha value is -0.740. The predicted molar refractivity (Wildman–Crippen MR) is 66.8 cm³/mol. The lowest BCUT2D eigenvalue weighted by molar-refractivity contribution is -0.186. The van der Waals surface area contributed by atoms with Gasteiger partial charge in [-0.25, -0.2) is 0 Å². The van der Waals surface area contributed by atoms with E-state index in [0.29, 0.717) is 12.3 Å². The molecule has 0 heterocycles. The number of fused-ring (bicyclic) bond motifs is 2. The fourth-order valence-corrected chi connectivity index (χ4v) is 3.60. The summed E-state index contributed by atoms with van der Waals surface area (Å²) in [5, 5.41) is 11.1. The van der Waals surface area contributed by atoms with Gasteiger partial charge in [0.15, 0.2) is 0 Å². The number of allylic oxidation sites excluding steroid dienone is 1. The lowest BCUT2D eigenvalue weighted by Crippen LogP contribution is -2.63. The van der Waals surface area contributed by atoms with Crippen molar-refractivity contribution in [2.24, 2.45) is 16.7 Å². The van der Waals surface area contributed by atoms with Crippen LogP contribution in [0.4, 0.5) is 0 Å². The summed E-state index contributed by atoms with van der Waals surface area (Å²) in [5.41, 5.74) is -0.853. The molecule has 0 radical (unpaired) electrons. The third-order valence-corrected chi connectivity index (χ3v) is 5.13.